The number of hydrogen-bond donors (Lipinski definition) is 2. The van der Waals surface area contributed by atoms with Gasteiger partial charge in [-0.05, 0) is 32.8 Å². The second kappa shape index (κ2) is 6.16. The number of piperidine rings is 1. The van der Waals surface area contributed by atoms with Crippen LogP contribution in [0.15, 0.2) is 30.3 Å². The number of carbonyl (C=O) groups is 2. The Bertz CT molecular complexity index is 508. The van der Waals surface area contributed by atoms with Crippen molar-refractivity contribution in [3.63, 3.8) is 0 Å². The number of amides is 2. The molecule has 21 heavy (non-hydrogen) atoms. The SMILES string of the molecule is CC(C)(C)OC(=O)N[C@H]1CCC(=O)NC1c1ccccc1. The van der Waals surface area contributed by atoms with E-state index in [1.807, 2.05) is 51.1 Å². The van der Waals surface area contributed by atoms with E-state index in [0.29, 0.717) is 12.8 Å². The van der Waals surface area contributed by atoms with Gasteiger partial charge >= 0.3 is 6.09 Å². The molecule has 0 bridgehead atoms. The molecule has 1 unspecified atom stereocenters. The number of hydrogen-bond acceptors (Lipinski definition) is 3. The molecule has 0 aliphatic carbocycles. The van der Waals surface area contributed by atoms with Crippen LogP contribution in [0.3, 0.4) is 0 Å². The van der Waals surface area contributed by atoms with Crippen molar-refractivity contribution < 1.29 is 14.3 Å². The van der Waals surface area contributed by atoms with E-state index in [4.69, 9.17) is 4.74 Å². The van der Waals surface area contributed by atoms with Gasteiger partial charge < -0.3 is 15.4 Å². The largest absolute Gasteiger partial charge is 0.444 e. The summed E-state index contributed by atoms with van der Waals surface area (Å²) in [4.78, 5) is 23.6. The van der Waals surface area contributed by atoms with Crippen LogP contribution in [0.4, 0.5) is 4.79 Å². The molecule has 5 heteroatoms. The first-order valence-corrected chi connectivity index (χ1v) is 7.19. The molecule has 1 fully saturated rings. The number of alkyl carbamates (subject to hydrolysis) is 1. The predicted molar refractivity (Wildman–Crippen MR) is 79.7 cm³/mol. The molecule has 2 atom stereocenters. The molecule has 114 valence electrons. The van der Waals surface area contributed by atoms with Crippen LogP contribution in [0, 0.1) is 0 Å². The molecule has 2 amide bonds. The van der Waals surface area contributed by atoms with Crippen LogP contribution >= 0.6 is 0 Å². The summed E-state index contributed by atoms with van der Waals surface area (Å²) >= 11 is 0. The third-order valence-electron chi connectivity index (χ3n) is 3.26. The summed E-state index contributed by atoms with van der Waals surface area (Å²) in [5, 5.41) is 5.81. The van der Waals surface area contributed by atoms with Gasteiger partial charge in [0.05, 0.1) is 12.1 Å². The van der Waals surface area contributed by atoms with Crippen molar-refractivity contribution in [1.29, 1.82) is 0 Å². The zero-order chi connectivity index (χ0) is 15.5. The van der Waals surface area contributed by atoms with Crippen molar-refractivity contribution in [1.82, 2.24) is 10.6 Å². The van der Waals surface area contributed by atoms with Crippen molar-refractivity contribution in [2.75, 3.05) is 0 Å². The minimum atomic E-state index is -0.537. The van der Waals surface area contributed by atoms with Crippen molar-refractivity contribution in [2.45, 2.75) is 51.3 Å². The Labute approximate surface area is 125 Å². The maximum absolute atomic E-state index is 11.9. The van der Waals surface area contributed by atoms with Crippen LogP contribution in [-0.4, -0.2) is 23.6 Å². The molecular formula is C16H22N2O3. The van der Waals surface area contributed by atoms with Gasteiger partial charge in [0.15, 0.2) is 0 Å². The van der Waals surface area contributed by atoms with Gasteiger partial charge in [-0.25, -0.2) is 4.79 Å². The van der Waals surface area contributed by atoms with Gasteiger partial charge in [0.2, 0.25) is 5.91 Å². The Balaban J connectivity index is 2.09. The topological polar surface area (TPSA) is 67.4 Å². The normalized spacial score (nSPS) is 22.3. The highest BCUT2D eigenvalue weighted by molar-refractivity contribution is 5.78. The van der Waals surface area contributed by atoms with Crippen molar-refractivity contribution >= 4 is 12.0 Å². The molecule has 0 radical (unpaired) electrons. The molecule has 5 nitrogen and oxygen atoms in total. The molecular weight excluding hydrogens is 268 g/mol. The summed E-state index contributed by atoms with van der Waals surface area (Å²) in [5.41, 5.74) is 0.441. The van der Waals surface area contributed by atoms with Crippen LogP contribution in [0.2, 0.25) is 0 Å². The second-order valence-corrected chi connectivity index (χ2v) is 6.25. The quantitative estimate of drug-likeness (QED) is 0.879. The first kappa shape index (κ1) is 15.4. The molecule has 1 aliphatic rings. The van der Waals surface area contributed by atoms with Crippen molar-refractivity contribution in [3.8, 4) is 0 Å². The Morgan fingerprint density at radius 2 is 1.95 bits per heavy atom. The Kier molecular flexibility index (Phi) is 4.50. The van der Waals surface area contributed by atoms with Crippen molar-refractivity contribution in [2.24, 2.45) is 0 Å². The molecule has 2 rings (SSSR count). The van der Waals surface area contributed by atoms with E-state index in [2.05, 4.69) is 10.6 Å². The van der Waals surface area contributed by atoms with Gasteiger partial charge in [0.25, 0.3) is 0 Å². The molecule has 1 saturated heterocycles. The highest BCUT2D eigenvalue weighted by Gasteiger charge is 2.32. The standard InChI is InChI=1S/C16H22N2O3/c1-16(2,3)21-15(20)17-12-9-10-13(19)18-14(12)11-7-5-4-6-8-11/h4-8,12,14H,9-10H2,1-3H3,(H,17,20)(H,18,19)/t12-,14?/m0/s1. The first-order chi connectivity index (χ1) is 9.85. The average molecular weight is 290 g/mol. The molecule has 1 aromatic carbocycles. The number of carbonyl (C=O) groups excluding carboxylic acids is 2. The fourth-order valence-corrected chi connectivity index (χ4v) is 2.39. The molecule has 0 aromatic heterocycles. The Hall–Kier alpha value is -2.04. The Morgan fingerprint density at radius 1 is 1.29 bits per heavy atom. The lowest BCUT2D eigenvalue weighted by atomic mass is 9.92. The summed E-state index contributed by atoms with van der Waals surface area (Å²) < 4.78 is 5.29. The van der Waals surface area contributed by atoms with Gasteiger partial charge in [0, 0.05) is 6.42 Å². The maximum Gasteiger partial charge on any atom is 0.407 e. The van der Waals surface area contributed by atoms with E-state index in [9.17, 15) is 9.59 Å². The van der Waals surface area contributed by atoms with Crippen LogP contribution in [-0.2, 0) is 9.53 Å². The minimum absolute atomic E-state index is 0.00564. The fourth-order valence-electron chi connectivity index (χ4n) is 2.39. The lowest BCUT2D eigenvalue weighted by molar-refractivity contribution is -0.123. The second-order valence-electron chi connectivity index (χ2n) is 6.25. The Morgan fingerprint density at radius 3 is 2.57 bits per heavy atom. The maximum atomic E-state index is 11.9. The number of nitrogens with one attached hydrogen (secondary N) is 2. The fraction of sp³-hybridized carbons (Fsp3) is 0.500. The van der Waals surface area contributed by atoms with Crippen LogP contribution in [0.25, 0.3) is 0 Å². The molecule has 0 saturated carbocycles. The zero-order valence-corrected chi connectivity index (χ0v) is 12.7. The zero-order valence-electron chi connectivity index (χ0n) is 12.7. The third-order valence-corrected chi connectivity index (χ3v) is 3.26. The van der Waals surface area contributed by atoms with Gasteiger partial charge in [-0.15, -0.1) is 0 Å². The number of rotatable bonds is 2. The third kappa shape index (κ3) is 4.48. The lowest BCUT2D eigenvalue weighted by Gasteiger charge is -2.33. The van der Waals surface area contributed by atoms with Gasteiger partial charge in [-0.3, -0.25) is 4.79 Å². The van der Waals surface area contributed by atoms with Crippen LogP contribution < -0.4 is 10.6 Å². The summed E-state index contributed by atoms with van der Waals surface area (Å²) in [5.74, 6) is 0.00564. The predicted octanol–water partition coefficient (Wildman–Crippen LogP) is 2.53. The van der Waals surface area contributed by atoms with E-state index < -0.39 is 11.7 Å². The van der Waals surface area contributed by atoms with Crippen LogP contribution in [0.1, 0.15) is 45.2 Å². The molecule has 2 N–H and O–H groups in total. The summed E-state index contributed by atoms with van der Waals surface area (Å²) in [7, 11) is 0. The molecule has 1 aliphatic heterocycles. The summed E-state index contributed by atoms with van der Waals surface area (Å²) in [6, 6.07) is 9.26. The van der Waals surface area contributed by atoms with Gasteiger partial charge in [-0.2, -0.15) is 0 Å². The molecule has 1 aromatic rings. The lowest BCUT2D eigenvalue weighted by Crippen LogP contribution is -2.51. The van der Waals surface area contributed by atoms with Crippen LogP contribution in [0.5, 0.6) is 0 Å². The van der Waals surface area contributed by atoms with E-state index in [1.54, 1.807) is 0 Å². The molecule has 0 spiro atoms. The average Bonchev–Trinajstić information content (AvgIpc) is 2.40. The van der Waals surface area contributed by atoms with Gasteiger partial charge in [0.1, 0.15) is 5.60 Å². The highest BCUT2D eigenvalue weighted by Crippen LogP contribution is 2.24. The number of benzene rings is 1. The monoisotopic (exact) mass is 290 g/mol. The van der Waals surface area contributed by atoms with E-state index in [1.165, 1.54) is 0 Å². The van der Waals surface area contributed by atoms with E-state index in [-0.39, 0.29) is 18.0 Å². The summed E-state index contributed by atoms with van der Waals surface area (Å²) in [6.45, 7) is 5.47. The summed E-state index contributed by atoms with van der Waals surface area (Å²) in [6.07, 6.45) is 0.554. The number of ether oxygens (including phenoxy) is 1. The van der Waals surface area contributed by atoms with E-state index >= 15 is 0 Å². The van der Waals surface area contributed by atoms with E-state index in [0.717, 1.165) is 5.56 Å². The minimum Gasteiger partial charge on any atom is -0.444 e. The van der Waals surface area contributed by atoms with Crippen molar-refractivity contribution in [3.05, 3.63) is 35.9 Å². The van der Waals surface area contributed by atoms with Gasteiger partial charge in [-0.1, -0.05) is 30.3 Å². The highest BCUT2D eigenvalue weighted by atomic mass is 16.6. The first-order valence-electron chi connectivity index (χ1n) is 7.19. The smallest absolute Gasteiger partial charge is 0.407 e. The molecule has 1 heterocycles.